The first-order chi connectivity index (χ1) is 9.84. The topological polar surface area (TPSA) is 59.0 Å². The van der Waals surface area contributed by atoms with Gasteiger partial charge in [-0.2, -0.15) is 0 Å². The van der Waals surface area contributed by atoms with Crippen LogP contribution in [0.1, 0.15) is 19.3 Å². The van der Waals surface area contributed by atoms with Crippen LogP contribution in [0.4, 0.5) is 0 Å². The molecule has 0 amide bonds. The van der Waals surface area contributed by atoms with E-state index in [2.05, 4.69) is 10.3 Å². The highest BCUT2D eigenvalue weighted by Crippen LogP contribution is 2.10. The second kappa shape index (κ2) is 6.24. The first-order valence-corrected chi connectivity index (χ1v) is 7.34. The summed E-state index contributed by atoms with van der Waals surface area (Å²) in [6.45, 7) is 3.52. The van der Waals surface area contributed by atoms with Crippen molar-refractivity contribution in [1.82, 2.24) is 14.9 Å². The number of nitrogens with one attached hydrogen (secondary N) is 2. The summed E-state index contributed by atoms with van der Waals surface area (Å²) in [5, 5.41) is 3.33. The Kier molecular flexibility index (Phi) is 4.18. The maximum atomic E-state index is 11.9. The van der Waals surface area contributed by atoms with Gasteiger partial charge in [0.05, 0.1) is 17.1 Å². The smallest absolute Gasteiger partial charge is 0.326 e. The molecule has 0 saturated carbocycles. The zero-order valence-electron chi connectivity index (χ0n) is 11.6. The van der Waals surface area contributed by atoms with Crippen molar-refractivity contribution in [1.29, 1.82) is 0 Å². The minimum absolute atomic E-state index is 0.0342. The lowest BCUT2D eigenvalue weighted by molar-refractivity contribution is 0.0301. The van der Waals surface area contributed by atoms with Gasteiger partial charge < -0.3 is 15.0 Å². The van der Waals surface area contributed by atoms with E-state index in [0.29, 0.717) is 12.6 Å². The van der Waals surface area contributed by atoms with Gasteiger partial charge in [0.15, 0.2) is 0 Å². The summed E-state index contributed by atoms with van der Waals surface area (Å²) in [6, 6.07) is 7.79. The number of aryl methyl sites for hydroxylation is 1. The van der Waals surface area contributed by atoms with Crippen LogP contribution in [-0.4, -0.2) is 35.4 Å². The summed E-state index contributed by atoms with van der Waals surface area (Å²) in [6.07, 6.45) is 3.43. The number of aromatic nitrogens is 2. The molecule has 0 aliphatic carbocycles. The van der Waals surface area contributed by atoms with Crippen molar-refractivity contribution in [2.75, 3.05) is 19.7 Å². The molecular weight excluding hydrogens is 254 g/mol. The Labute approximate surface area is 117 Å². The summed E-state index contributed by atoms with van der Waals surface area (Å²) in [5.74, 6) is 0. The molecule has 108 valence electrons. The summed E-state index contributed by atoms with van der Waals surface area (Å²) >= 11 is 0. The number of H-pyrrole nitrogens is 1. The van der Waals surface area contributed by atoms with E-state index < -0.39 is 0 Å². The number of fused-ring (bicyclic) bond motifs is 1. The molecule has 0 bridgehead atoms. The average Bonchev–Trinajstić information content (AvgIpc) is 2.80. The van der Waals surface area contributed by atoms with Gasteiger partial charge >= 0.3 is 5.69 Å². The molecule has 1 aliphatic rings. The molecule has 0 radical (unpaired) electrons. The Hall–Kier alpha value is -1.59. The number of rotatable bonds is 5. The minimum atomic E-state index is -0.0342. The zero-order chi connectivity index (χ0) is 13.8. The summed E-state index contributed by atoms with van der Waals surface area (Å²) in [5.41, 5.74) is 1.84. The van der Waals surface area contributed by atoms with Crippen LogP contribution < -0.4 is 11.0 Å². The predicted octanol–water partition coefficient (Wildman–Crippen LogP) is 1.49. The van der Waals surface area contributed by atoms with Crippen molar-refractivity contribution >= 4 is 11.0 Å². The SMILES string of the molecule is O=c1[nH]c2ccccc2n1CCCOC1CCNCC1. The van der Waals surface area contributed by atoms with Gasteiger partial charge in [0.2, 0.25) is 0 Å². The predicted molar refractivity (Wildman–Crippen MR) is 79.0 cm³/mol. The van der Waals surface area contributed by atoms with Crippen LogP contribution in [0.3, 0.4) is 0 Å². The average molecular weight is 275 g/mol. The maximum absolute atomic E-state index is 11.9. The molecule has 20 heavy (non-hydrogen) atoms. The highest BCUT2D eigenvalue weighted by Gasteiger charge is 2.13. The quantitative estimate of drug-likeness (QED) is 0.813. The van der Waals surface area contributed by atoms with E-state index in [-0.39, 0.29) is 5.69 Å². The van der Waals surface area contributed by atoms with Crippen LogP contribution in [-0.2, 0) is 11.3 Å². The van der Waals surface area contributed by atoms with Crippen LogP contribution >= 0.6 is 0 Å². The second-order valence-corrected chi connectivity index (χ2v) is 5.27. The molecule has 1 aliphatic heterocycles. The number of para-hydroxylation sites is 2. The zero-order valence-corrected chi connectivity index (χ0v) is 11.6. The number of hydrogen-bond acceptors (Lipinski definition) is 3. The third-order valence-electron chi connectivity index (χ3n) is 3.85. The van der Waals surface area contributed by atoms with E-state index in [4.69, 9.17) is 4.74 Å². The molecule has 5 heteroatoms. The molecule has 1 saturated heterocycles. The number of aromatic amines is 1. The van der Waals surface area contributed by atoms with E-state index in [1.54, 1.807) is 4.57 Å². The lowest BCUT2D eigenvalue weighted by Gasteiger charge is -2.22. The number of ether oxygens (including phenoxy) is 1. The molecule has 0 unspecified atom stereocenters. The Morgan fingerprint density at radius 1 is 1.25 bits per heavy atom. The Bertz CT molecular complexity index is 611. The number of nitrogens with zero attached hydrogens (tertiary/aromatic N) is 1. The Balaban J connectivity index is 1.54. The molecule has 1 aromatic carbocycles. The Morgan fingerprint density at radius 3 is 2.90 bits per heavy atom. The lowest BCUT2D eigenvalue weighted by Crippen LogP contribution is -2.32. The van der Waals surface area contributed by atoms with Gasteiger partial charge in [-0.25, -0.2) is 4.79 Å². The van der Waals surface area contributed by atoms with Crippen LogP contribution in [0.5, 0.6) is 0 Å². The molecule has 3 rings (SSSR count). The van der Waals surface area contributed by atoms with Gasteiger partial charge in [-0.1, -0.05) is 12.1 Å². The summed E-state index contributed by atoms with van der Waals surface area (Å²) < 4.78 is 7.66. The second-order valence-electron chi connectivity index (χ2n) is 5.27. The highest BCUT2D eigenvalue weighted by molar-refractivity contribution is 5.74. The number of imidazole rings is 1. The van der Waals surface area contributed by atoms with Gasteiger partial charge in [-0.15, -0.1) is 0 Å². The van der Waals surface area contributed by atoms with E-state index in [1.807, 2.05) is 24.3 Å². The third kappa shape index (κ3) is 2.94. The monoisotopic (exact) mass is 275 g/mol. The normalized spacial score (nSPS) is 16.8. The first kappa shape index (κ1) is 13.4. The molecule has 2 heterocycles. The standard InChI is InChI=1S/C15H21N3O2/c19-15-17-13-4-1-2-5-14(13)18(15)10-3-11-20-12-6-8-16-9-7-12/h1-2,4-5,12,16H,3,6-11H2,(H,17,19). The van der Waals surface area contributed by atoms with Gasteiger partial charge in [0, 0.05) is 13.2 Å². The lowest BCUT2D eigenvalue weighted by atomic mass is 10.1. The van der Waals surface area contributed by atoms with Crippen molar-refractivity contribution in [2.24, 2.45) is 0 Å². The van der Waals surface area contributed by atoms with E-state index >= 15 is 0 Å². The van der Waals surface area contributed by atoms with Crippen molar-refractivity contribution < 1.29 is 4.74 Å². The largest absolute Gasteiger partial charge is 0.378 e. The maximum Gasteiger partial charge on any atom is 0.326 e. The highest BCUT2D eigenvalue weighted by atomic mass is 16.5. The molecule has 1 aromatic heterocycles. The molecule has 0 atom stereocenters. The fourth-order valence-corrected chi connectivity index (χ4v) is 2.76. The number of hydrogen-bond donors (Lipinski definition) is 2. The van der Waals surface area contributed by atoms with Gasteiger partial charge in [0.25, 0.3) is 0 Å². The molecular formula is C15H21N3O2. The van der Waals surface area contributed by atoms with Gasteiger partial charge in [0.1, 0.15) is 0 Å². The Morgan fingerprint density at radius 2 is 2.05 bits per heavy atom. The van der Waals surface area contributed by atoms with Crippen LogP contribution in [0.25, 0.3) is 11.0 Å². The molecule has 2 N–H and O–H groups in total. The van der Waals surface area contributed by atoms with E-state index in [0.717, 1.165) is 50.0 Å². The molecule has 0 spiro atoms. The summed E-state index contributed by atoms with van der Waals surface area (Å²) in [4.78, 5) is 14.8. The molecule has 1 fully saturated rings. The van der Waals surface area contributed by atoms with Crippen molar-refractivity contribution in [3.63, 3.8) is 0 Å². The van der Waals surface area contributed by atoms with Crippen molar-refractivity contribution in [2.45, 2.75) is 31.9 Å². The van der Waals surface area contributed by atoms with Gasteiger partial charge in [-0.05, 0) is 44.5 Å². The van der Waals surface area contributed by atoms with Crippen molar-refractivity contribution in [3.05, 3.63) is 34.7 Å². The third-order valence-corrected chi connectivity index (χ3v) is 3.85. The molecule has 2 aromatic rings. The van der Waals surface area contributed by atoms with Gasteiger partial charge in [-0.3, -0.25) is 4.57 Å². The van der Waals surface area contributed by atoms with E-state index in [9.17, 15) is 4.79 Å². The minimum Gasteiger partial charge on any atom is -0.378 e. The van der Waals surface area contributed by atoms with Crippen LogP contribution in [0, 0.1) is 0 Å². The molecule has 5 nitrogen and oxygen atoms in total. The van der Waals surface area contributed by atoms with Crippen LogP contribution in [0.15, 0.2) is 29.1 Å². The fraction of sp³-hybridized carbons (Fsp3) is 0.533. The van der Waals surface area contributed by atoms with E-state index in [1.165, 1.54) is 0 Å². The first-order valence-electron chi connectivity index (χ1n) is 7.34. The summed E-state index contributed by atoms with van der Waals surface area (Å²) in [7, 11) is 0. The number of benzene rings is 1. The fourth-order valence-electron chi connectivity index (χ4n) is 2.76. The van der Waals surface area contributed by atoms with Crippen molar-refractivity contribution in [3.8, 4) is 0 Å². The van der Waals surface area contributed by atoms with Crippen LogP contribution in [0.2, 0.25) is 0 Å². The number of piperidine rings is 1.